The predicted octanol–water partition coefficient (Wildman–Crippen LogP) is 0.843. The van der Waals surface area contributed by atoms with Crippen LogP contribution in [0.15, 0.2) is 18.2 Å². The Balaban J connectivity index is 2.07. The maximum atomic E-state index is 11.0. The molecule has 0 aliphatic carbocycles. The number of amides is 1. The van der Waals surface area contributed by atoms with Gasteiger partial charge in [-0.25, -0.2) is 0 Å². The van der Waals surface area contributed by atoms with Crippen LogP contribution in [0.3, 0.4) is 0 Å². The van der Waals surface area contributed by atoms with Gasteiger partial charge in [-0.3, -0.25) is 9.69 Å². The molecule has 1 aromatic rings. The zero-order valence-corrected chi connectivity index (χ0v) is 10.5. The van der Waals surface area contributed by atoms with E-state index in [-0.39, 0.29) is 0 Å². The highest BCUT2D eigenvalue weighted by Crippen LogP contribution is 2.20. The highest BCUT2D eigenvalue weighted by Gasteiger charge is 2.21. The minimum absolute atomic E-state index is 0.449. The van der Waals surface area contributed by atoms with Crippen LogP contribution in [0.4, 0.5) is 0 Å². The van der Waals surface area contributed by atoms with Crippen LogP contribution in [0.5, 0.6) is 0 Å². The van der Waals surface area contributed by atoms with E-state index in [9.17, 15) is 4.79 Å². The topological polar surface area (TPSA) is 58.4 Å². The first-order valence-corrected chi connectivity index (χ1v) is 5.95. The number of primary amides is 1. The highest BCUT2D eigenvalue weighted by molar-refractivity contribution is 6.31. The van der Waals surface area contributed by atoms with Gasteiger partial charge in [-0.15, -0.1) is 0 Å². The quantitative estimate of drug-likeness (QED) is 0.836. The van der Waals surface area contributed by atoms with Crippen molar-refractivity contribution in [1.82, 2.24) is 10.2 Å². The minimum Gasteiger partial charge on any atom is -0.366 e. The summed E-state index contributed by atoms with van der Waals surface area (Å²) in [5.41, 5.74) is 6.67. The zero-order chi connectivity index (χ0) is 12.4. The molecule has 17 heavy (non-hydrogen) atoms. The predicted molar refractivity (Wildman–Crippen MR) is 68.1 cm³/mol. The van der Waals surface area contributed by atoms with Gasteiger partial charge in [0.2, 0.25) is 5.91 Å². The van der Waals surface area contributed by atoms with Crippen LogP contribution in [0, 0.1) is 0 Å². The average molecular weight is 254 g/mol. The Morgan fingerprint density at radius 2 is 2.29 bits per heavy atom. The number of benzene rings is 1. The number of carbonyl (C=O) groups is 1. The third-order valence-electron chi connectivity index (χ3n) is 3.14. The number of hydrogen-bond acceptors (Lipinski definition) is 3. The van der Waals surface area contributed by atoms with Gasteiger partial charge in [0.1, 0.15) is 0 Å². The fourth-order valence-corrected chi connectivity index (χ4v) is 2.05. The number of halogens is 1. The summed E-state index contributed by atoms with van der Waals surface area (Å²) in [6, 6.07) is 5.79. The van der Waals surface area contributed by atoms with E-state index in [0.717, 1.165) is 25.2 Å². The molecule has 5 heteroatoms. The maximum Gasteiger partial charge on any atom is 0.248 e. The average Bonchev–Trinajstić information content (AvgIpc) is 2.18. The number of rotatable bonds is 4. The minimum atomic E-state index is -0.449. The van der Waals surface area contributed by atoms with E-state index in [1.54, 1.807) is 12.1 Å². The summed E-state index contributed by atoms with van der Waals surface area (Å²) in [5, 5.41) is 3.83. The Morgan fingerprint density at radius 1 is 1.59 bits per heavy atom. The Kier molecular flexibility index (Phi) is 3.66. The first-order chi connectivity index (χ1) is 8.08. The molecule has 0 aromatic heterocycles. The van der Waals surface area contributed by atoms with Gasteiger partial charge in [0.05, 0.1) is 0 Å². The van der Waals surface area contributed by atoms with Crippen molar-refractivity contribution in [3.63, 3.8) is 0 Å². The van der Waals surface area contributed by atoms with Crippen LogP contribution in [0.25, 0.3) is 0 Å². The van der Waals surface area contributed by atoms with E-state index < -0.39 is 5.91 Å². The Bertz CT molecular complexity index is 432. The second-order valence-electron chi connectivity index (χ2n) is 4.40. The number of likely N-dealkylation sites (N-methyl/N-ethyl adjacent to an activating group) is 1. The summed E-state index contributed by atoms with van der Waals surface area (Å²) in [7, 11) is 2.07. The van der Waals surface area contributed by atoms with Gasteiger partial charge in [0.15, 0.2) is 0 Å². The molecule has 1 heterocycles. The Morgan fingerprint density at radius 3 is 2.76 bits per heavy atom. The molecule has 1 fully saturated rings. The van der Waals surface area contributed by atoms with E-state index in [1.807, 2.05) is 6.07 Å². The van der Waals surface area contributed by atoms with Crippen molar-refractivity contribution in [3.8, 4) is 0 Å². The fourth-order valence-electron chi connectivity index (χ4n) is 1.81. The SMILES string of the molecule is CN(Cc1ccc(C(N)=O)cc1Cl)C1CNC1. The lowest BCUT2D eigenvalue weighted by Gasteiger charge is -2.35. The normalized spacial score (nSPS) is 15.9. The molecule has 0 atom stereocenters. The third-order valence-corrected chi connectivity index (χ3v) is 3.49. The number of nitrogens with two attached hydrogens (primary N) is 1. The maximum absolute atomic E-state index is 11.0. The second-order valence-corrected chi connectivity index (χ2v) is 4.80. The lowest BCUT2D eigenvalue weighted by atomic mass is 10.1. The first kappa shape index (κ1) is 12.4. The molecule has 1 amide bonds. The van der Waals surface area contributed by atoms with Gasteiger partial charge >= 0.3 is 0 Å². The van der Waals surface area contributed by atoms with Crippen LogP contribution in [-0.4, -0.2) is 37.0 Å². The Labute approximate surface area is 106 Å². The highest BCUT2D eigenvalue weighted by atomic mass is 35.5. The standard InChI is InChI=1S/C12H16ClN3O/c1-16(10-5-15-6-10)7-9-3-2-8(12(14)17)4-11(9)13/h2-4,10,15H,5-7H2,1H3,(H2,14,17). The van der Waals surface area contributed by atoms with Crippen LogP contribution >= 0.6 is 11.6 Å². The molecule has 1 aliphatic rings. The van der Waals surface area contributed by atoms with Crippen molar-refractivity contribution < 1.29 is 4.79 Å². The van der Waals surface area contributed by atoms with Crippen molar-refractivity contribution >= 4 is 17.5 Å². The molecular weight excluding hydrogens is 238 g/mol. The molecular formula is C12H16ClN3O. The smallest absolute Gasteiger partial charge is 0.248 e. The summed E-state index contributed by atoms with van der Waals surface area (Å²) in [6.07, 6.45) is 0. The van der Waals surface area contributed by atoms with Crippen LogP contribution in [0.2, 0.25) is 5.02 Å². The molecule has 0 saturated carbocycles. The number of nitrogens with one attached hydrogen (secondary N) is 1. The van der Waals surface area contributed by atoms with E-state index in [0.29, 0.717) is 16.6 Å². The molecule has 1 aliphatic heterocycles. The number of hydrogen-bond donors (Lipinski definition) is 2. The first-order valence-electron chi connectivity index (χ1n) is 5.57. The molecule has 0 radical (unpaired) electrons. The number of carbonyl (C=O) groups excluding carboxylic acids is 1. The summed E-state index contributed by atoms with van der Waals surface area (Å²) in [5.74, 6) is -0.449. The molecule has 92 valence electrons. The van der Waals surface area contributed by atoms with Crippen LogP contribution < -0.4 is 11.1 Å². The van der Waals surface area contributed by atoms with Gasteiger partial charge in [0, 0.05) is 36.3 Å². The molecule has 1 aromatic carbocycles. The van der Waals surface area contributed by atoms with E-state index in [4.69, 9.17) is 17.3 Å². The summed E-state index contributed by atoms with van der Waals surface area (Å²) in [4.78, 5) is 13.2. The molecule has 0 spiro atoms. The van der Waals surface area contributed by atoms with Gasteiger partial charge in [-0.05, 0) is 24.7 Å². The second kappa shape index (κ2) is 5.04. The van der Waals surface area contributed by atoms with Crippen molar-refractivity contribution in [2.45, 2.75) is 12.6 Å². The van der Waals surface area contributed by atoms with Crippen molar-refractivity contribution in [2.75, 3.05) is 20.1 Å². The van der Waals surface area contributed by atoms with Crippen molar-refractivity contribution in [2.24, 2.45) is 5.73 Å². The molecule has 0 bridgehead atoms. The summed E-state index contributed by atoms with van der Waals surface area (Å²) >= 11 is 6.13. The molecule has 0 unspecified atom stereocenters. The van der Waals surface area contributed by atoms with E-state index in [2.05, 4.69) is 17.3 Å². The fraction of sp³-hybridized carbons (Fsp3) is 0.417. The van der Waals surface area contributed by atoms with Gasteiger partial charge in [0.25, 0.3) is 0 Å². The molecule has 4 nitrogen and oxygen atoms in total. The van der Waals surface area contributed by atoms with Crippen molar-refractivity contribution in [1.29, 1.82) is 0 Å². The third kappa shape index (κ3) is 2.77. The van der Waals surface area contributed by atoms with Gasteiger partial charge in [-0.2, -0.15) is 0 Å². The number of nitrogens with zero attached hydrogens (tertiary/aromatic N) is 1. The summed E-state index contributed by atoms with van der Waals surface area (Å²) in [6.45, 7) is 2.82. The Hall–Kier alpha value is -1.10. The zero-order valence-electron chi connectivity index (χ0n) is 9.74. The molecule has 2 rings (SSSR count). The summed E-state index contributed by atoms with van der Waals surface area (Å²) < 4.78 is 0. The van der Waals surface area contributed by atoms with Crippen LogP contribution in [0.1, 0.15) is 15.9 Å². The van der Waals surface area contributed by atoms with E-state index in [1.165, 1.54) is 0 Å². The monoisotopic (exact) mass is 253 g/mol. The van der Waals surface area contributed by atoms with Crippen molar-refractivity contribution in [3.05, 3.63) is 34.3 Å². The van der Waals surface area contributed by atoms with Gasteiger partial charge < -0.3 is 11.1 Å². The lowest BCUT2D eigenvalue weighted by Crippen LogP contribution is -2.55. The largest absolute Gasteiger partial charge is 0.366 e. The molecule has 3 N–H and O–H groups in total. The molecule has 1 saturated heterocycles. The lowest BCUT2D eigenvalue weighted by molar-refractivity contribution is 0.100. The van der Waals surface area contributed by atoms with E-state index >= 15 is 0 Å². The van der Waals surface area contributed by atoms with Gasteiger partial charge in [-0.1, -0.05) is 17.7 Å². The van der Waals surface area contributed by atoms with Crippen LogP contribution in [-0.2, 0) is 6.54 Å².